The molecule has 39 heavy (non-hydrogen) atoms. The minimum atomic E-state index is -3.87. The third-order valence-corrected chi connectivity index (χ3v) is 7.60. The Morgan fingerprint density at radius 2 is 1.56 bits per heavy atom. The Balaban J connectivity index is 2.08. The number of rotatable bonds is 11. The first-order valence-corrected chi connectivity index (χ1v) is 14.6. The van der Waals surface area contributed by atoms with Crippen LogP contribution in [0.25, 0.3) is 0 Å². The largest absolute Gasteiger partial charge is 0.352 e. The Morgan fingerprint density at radius 1 is 0.923 bits per heavy atom. The maximum Gasteiger partial charge on any atom is 0.244 e. The van der Waals surface area contributed by atoms with E-state index < -0.39 is 40.2 Å². The van der Waals surface area contributed by atoms with E-state index in [9.17, 15) is 22.4 Å². The van der Waals surface area contributed by atoms with E-state index in [-0.39, 0.29) is 24.6 Å². The van der Waals surface area contributed by atoms with Gasteiger partial charge < -0.3 is 10.2 Å². The number of amides is 2. The van der Waals surface area contributed by atoms with Gasteiger partial charge in [-0.05, 0) is 62.6 Å². The summed E-state index contributed by atoms with van der Waals surface area (Å²) < 4.78 is 41.5. The Hall–Kier alpha value is -3.72. The average molecular weight is 554 g/mol. The van der Waals surface area contributed by atoms with Crippen molar-refractivity contribution in [1.82, 2.24) is 10.2 Å². The molecular weight excluding hydrogens is 517 g/mol. The summed E-state index contributed by atoms with van der Waals surface area (Å²) in [6.07, 6.45) is 1.20. The smallest absolute Gasteiger partial charge is 0.244 e. The minimum Gasteiger partial charge on any atom is -0.352 e. The maximum absolute atomic E-state index is 14.8. The van der Waals surface area contributed by atoms with Crippen LogP contribution in [0.15, 0.2) is 72.8 Å². The summed E-state index contributed by atoms with van der Waals surface area (Å²) >= 11 is 0. The first-order chi connectivity index (χ1) is 18.4. The van der Waals surface area contributed by atoms with Crippen molar-refractivity contribution in [2.24, 2.45) is 0 Å². The number of nitrogens with one attached hydrogen (secondary N) is 1. The molecule has 208 valence electrons. The van der Waals surface area contributed by atoms with Crippen LogP contribution in [0.1, 0.15) is 36.1 Å². The van der Waals surface area contributed by atoms with Crippen LogP contribution in [0.5, 0.6) is 0 Å². The van der Waals surface area contributed by atoms with Gasteiger partial charge in [0.2, 0.25) is 21.8 Å². The van der Waals surface area contributed by atoms with Gasteiger partial charge in [0.25, 0.3) is 0 Å². The van der Waals surface area contributed by atoms with Crippen LogP contribution in [0.4, 0.5) is 10.1 Å². The second-order valence-corrected chi connectivity index (χ2v) is 11.9. The fraction of sp³-hybridized carbons (Fsp3) is 0.333. The lowest BCUT2D eigenvalue weighted by atomic mass is 10.0. The van der Waals surface area contributed by atoms with Gasteiger partial charge >= 0.3 is 0 Å². The van der Waals surface area contributed by atoms with Crippen molar-refractivity contribution in [3.05, 3.63) is 101 Å². The number of carbonyl (C=O) groups excluding carboxylic acids is 2. The SMILES string of the molecule is Cc1ccc(N(CC(=O)N(Cc2ccccc2F)[C@H](Cc2ccccc2)C(=O)NC(C)C)S(C)(=O)=O)cc1C. The van der Waals surface area contributed by atoms with Crippen LogP contribution in [-0.2, 0) is 32.6 Å². The van der Waals surface area contributed by atoms with Crippen molar-refractivity contribution < 1.29 is 22.4 Å². The van der Waals surface area contributed by atoms with Crippen LogP contribution in [-0.4, -0.2) is 50.0 Å². The van der Waals surface area contributed by atoms with Gasteiger partial charge in [0.1, 0.15) is 18.4 Å². The number of hydrogen-bond acceptors (Lipinski definition) is 4. The second-order valence-electron chi connectivity index (χ2n) is 10.0. The zero-order valence-electron chi connectivity index (χ0n) is 23.0. The summed E-state index contributed by atoms with van der Waals surface area (Å²) in [5.41, 5.74) is 3.22. The highest BCUT2D eigenvalue weighted by Gasteiger charge is 2.33. The van der Waals surface area contributed by atoms with E-state index in [4.69, 9.17) is 0 Å². The third-order valence-electron chi connectivity index (χ3n) is 6.46. The molecule has 0 heterocycles. The van der Waals surface area contributed by atoms with Gasteiger partial charge in [-0.2, -0.15) is 0 Å². The van der Waals surface area contributed by atoms with Crippen LogP contribution < -0.4 is 9.62 Å². The lowest BCUT2D eigenvalue weighted by Gasteiger charge is -2.34. The molecule has 3 aromatic carbocycles. The standard InChI is InChI=1S/C30H36FN3O4S/c1-21(2)32-30(36)28(18-24-11-7-6-8-12-24)33(19-25-13-9-10-14-27(25)31)29(35)20-34(39(5,37)38)26-16-15-22(3)23(4)17-26/h6-17,21,28H,18-20H2,1-5H3,(H,32,36)/t28-/m1/s1. The molecule has 0 aliphatic heterocycles. The molecule has 9 heteroatoms. The molecule has 2 amide bonds. The monoisotopic (exact) mass is 553 g/mol. The predicted octanol–water partition coefficient (Wildman–Crippen LogP) is 4.37. The molecule has 3 aromatic rings. The molecule has 0 fully saturated rings. The summed E-state index contributed by atoms with van der Waals surface area (Å²) in [5, 5.41) is 2.87. The van der Waals surface area contributed by atoms with Crippen LogP contribution in [0.2, 0.25) is 0 Å². The van der Waals surface area contributed by atoms with Crippen LogP contribution in [0.3, 0.4) is 0 Å². The highest BCUT2D eigenvalue weighted by molar-refractivity contribution is 7.92. The number of benzene rings is 3. The highest BCUT2D eigenvalue weighted by atomic mass is 32.2. The van der Waals surface area contributed by atoms with Crippen molar-refractivity contribution >= 4 is 27.5 Å². The minimum absolute atomic E-state index is 0.169. The van der Waals surface area contributed by atoms with Gasteiger partial charge in [0.05, 0.1) is 11.9 Å². The number of hydrogen-bond donors (Lipinski definition) is 1. The lowest BCUT2D eigenvalue weighted by molar-refractivity contribution is -0.140. The summed E-state index contributed by atoms with van der Waals surface area (Å²) in [4.78, 5) is 28.7. The van der Waals surface area contributed by atoms with E-state index in [2.05, 4.69) is 5.32 Å². The number of aryl methyl sites for hydroxylation is 2. The zero-order chi connectivity index (χ0) is 28.7. The van der Waals surface area contributed by atoms with E-state index in [0.717, 1.165) is 27.3 Å². The van der Waals surface area contributed by atoms with E-state index in [1.807, 2.05) is 58.0 Å². The van der Waals surface area contributed by atoms with Crippen molar-refractivity contribution in [3.8, 4) is 0 Å². The Kier molecular flexibility index (Phi) is 9.86. The first kappa shape index (κ1) is 29.8. The van der Waals surface area contributed by atoms with Gasteiger partial charge in [0, 0.05) is 24.6 Å². The molecule has 0 saturated carbocycles. The van der Waals surface area contributed by atoms with Crippen LogP contribution >= 0.6 is 0 Å². The normalized spacial score (nSPS) is 12.2. The number of nitrogens with zero attached hydrogens (tertiary/aromatic N) is 2. The van der Waals surface area contributed by atoms with Crippen LogP contribution in [0, 0.1) is 19.7 Å². The molecule has 0 bridgehead atoms. The molecular formula is C30H36FN3O4S. The predicted molar refractivity (Wildman–Crippen MR) is 152 cm³/mol. The molecule has 3 rings (SSSR count). The quantitative estimate of drug-likeness (QED) is 0.382. The summed E-state index contributed by atoms with van der Waals surface area (Å²) in [5.74, 6) is -1.55. The highest BCUT2D eigenvalue weighted by Crippen LogP contribution is 2.23. The average Bonchev–Trinajstić information content (AvgIpc) is 2.87. The molecule has 0 saturated heterocycles. The van der Waals surface area contributed by atoms with Gasteiger partial charge in [-0.1, -0.05) is 54.6 Å². The molecule has 0 spiro atoms. The molecule has 0 aliphatic carbocycles. The van der Waals surface area contributed by atoms with Crippen molar-refractivity contribution in [1.29, 1.82) is 0 Å². The van der Waals surface area contributed by atoms with Crippen molar-refractivity contribution in [3.63, 3.8) is 0 Å². The van der Waals surface area contributed by atoms with E-state index in [1.165, 1.54) is 11.0 Å². The number of carbonyl (C=O) groups is 2. The Morgan fingerprint density at radius 3 is 2.15 bits per heavy atom. The van der Waals surface area contributed by atoms with Gasteiger partial charge in [-0.3, -0.25) is 13.9 Å². The molecule has 0 aliphatic rings. The maximum atomic E-state index is 14.8. The molecule has 1 N–H and O–H groups in total. The molecule has 7 nitrogen and oxygen atoms in total. The fourth-order valence-corrected chi connectivity index (χ4v) is 5.08. The van der Waals surface area contributed by atoms with E-state index >= 15 is 0 Å². The Bertz CT molecular complexity index is 1410. The molecule has 0 radical (unpaired) electrons. The summed E-state index contributed by atoms with van der Waals surface area (Å²) in [6, 6.07) is 19.2. The number of anilines is 1. The van der Waals surface area contributed by atoms with Crippen molar-refractivity contribution in [2.75, 3.05) is 17.1 Å². The third kappa shape index (κ3) is 8.13. The van der Waals surface area contributed by atoms with E-state index in [0.29, 0.717) is 5.69 Å². The number of sulfonamides is 1. The fourth-order valence-electron chi connectivity index (χ4n) is 4.24. The summed E-state index contributed by atoms with van der Waals surface area (Å²) in [6.45, 7) is 6.64. The lowest BCUT2D eigenvalue weighted by Crippen LogP contribution is -2.54. The molecule has 0 unspecified atom stereocenters. The van der Waals surface area contributed by atoms with Gasteiger partial charge in [-0.15, -0.1) is 0 Å². The van der Waals surface area contributed by atoms with Gasteiger partial charge in [0.15, 0.2) is 0 Å². The molecule has 0 aromatic heterocycles. The van der Waals surface area contributed by atoms with Gasteiger partial charge in [-0.25, -0.2) is 12.8 Å². The topological polar surface area (TPSA) is 86.8 Å². The first-order valence-electron chi connectivity index (χ1n) is 12.8. The summed E-state index contributed by atoms with van der Waals surface area (Å²) in [7, 11) is -3.87. The zero-order valence-corrected chi connectivity index (χ0v) is 23.8. The molecule has 1 atom stereocenters. The number of halogens is 1. The second kappa shape index (κ2) is 12.9. The van der Waals surface area contributed by atoms with Crippen molar-refractivity contribution in [2.45, 2.75) is 52.7 Å². The Labute approximate surface area is 230 Å². The van der Waals surface area contributed by atoms with E-state index in [1.54, 1.807) is 36.4 Å².